The van der Waals surface area contributed by atoms with Crippen LogP contribution in [0, 0.1) is 0 Å². The fraction of sp³-hybridized carbons (Fsp3) is 0.733. The second-order valence-corrected chi connectivity index (χ2v) is 4.37. The van der Waals surface area contributed by atoms with Crippen LogP contribution in [0.2, 0.25) is 0 Å². The lowest BCUT2D eigenvalue weighted by atomic mass is 10.0. The summed E-state index contributed by atoms with van der Waals surface area (Å²) in [4.78, 5) is 2.25. The number of alkyl halides is 1. The molecule has 0 radical (unpaired) electrons. The standard InChI is InChI=1S/C15H28FN/c1-6-10-14(11-12-16)17(5)15(9-4)13(7-2)8-3/h7,9,14H,6,8,10-12H2,1-5H3/b13-7-,15-9+. The molecule has 1 nitrogen and oxygen atoms in total. The van der Waals surface area contributed by atoms with E-state index in [2.05, 4.69) is 51.8 Å². The van der Waals surface area contributed by atoms with Gasteiger partial charge < -0.3 is 4.90 Å². The van der Waals surface area contributed by atoms with Crippen molar-refractivity contribution in [2.24, 2.45) is 0 Å². The normalized spacial score (nSPS) is 14.9. The molecule has 0 saturated carbocycles. The molecule has 0 bridgehead atoms. The molecule has 0 aromatic heterocycles. The van der Waals surface area contributed by atoms with E-state index in [1.807, 2.05) is 0 Å². The van der Waals surface area contributed by atoms with Gasteiger partial charge in [-0.2, -0.15) is 0 Å². The van der Waals surface area contributed by atoms with Crippen LogP contribution in [0.15, 0.2) is 23.4 Å². The molecule has 1 unspecified atom stereocenters. The Hall–Kier alpha value is -0.790. The summed E-state index contributed by atoms with van der Waals surface area (Å²) in [6, 6.07) is 0.317. The Morgan fingerprint density at radius 2 is 1.82 bits per heavy atom. The van der Waals surface area contributed by atoms with Crippen LogP contribution < -0.4 is 0 Å². The van der Waals surface area contributed by atoms with Gasteiger partial charge in [-0.05, 0) is 38.7 Å². The molecule has 0 rings (SSSR count). The number of hydrogen-bond acceptors (Lipinski definition) is 1. The Bertz CT molecular complexity index is 250. The van der Waals surface area contributed by atoms with Crippen LogP contribution in [0.4, 0.5) is 4.39 Å². The second kappa shape index (κ2) is 9.26. The third-order valence-electron chi connectivity index (χ3n) is 3.32. The number of hydrogen-bond donors (Lipinski definition) is 0. The van der Waals surface area contributed by atoms with Crippen LogP contribution in [-0.2, 0) is 0 Å². The lowest BCUT2D eigenvalue weighted by Crippen LogP contribution is -2.32. The summed E-state index contributed by atoms with van der Waals surface area (Å²) in [7, 11) is 2.09. The highest BCUT2D eigenvalue weighted by molar-refractivity contribution is 5.28. The van der Waals surface area contributed by atoms with Crippen LogP contribution in [0.1, 0.15) is 53.4 Å². The zero-order chi connectivity index (χ0) is 13.3. The van der Waals surface area contributed by atoms with Crippen LogP contribution >= 0.6 is 0 Å². The maximum absolute atomic E-state index is 12.6. The molecule has 0 heterocycles. The molecular formula is C15H28FN. The van der Waals surface area contributed by atoms with E-state index in [4.69, 9.17) is 0 Å². The molecule has 100 valence electrons. The van der Waals surface area contributed by atoms with Crippen molar-refractivity contribution in [3.63, 3.8) is 0 Å². The van der Waals surface area contributed by atoms with Gasteiger partial charge in [-0.3, -0.25) is 4.39 Å². The van der Waals surface area contributed by atoms with Gasteiger partial charge in [0.25, 0.3) is 0 Å². The van der Waals surface area contributed by atoms with Crippen molar-refractivity contribution in [2.75, 3.05) is 13.7 Å². The van der Waals surface area contributed by atoms with E-state index in [1.165, 1.54) is 11.3 Å². The number of halogens is 1. The molecule has 0 spiro atoms. The molecule has 0 aliphatic carbocycles. The first-order chi connectivity index (χ1) is 8.15. The quantitative estimate of drug-likeness (QED) is 0.556. The highest BCUT2D eigenvalue weighted by atomic mass is 19.1. The van der Waals surface area contributed by atoms with Gasteiger partial charge in [-0.25, -0.2) is 0 Å². The lowest BCUT2D eigenvalue weighted by Gasteiger charge is -2.32. The fourth-order valence-corrected chi connectivity index (χ4v) is 2.34. The summed E-state index contributed by atoms with van der Waals surface area (Å²) in [5.74, 6) is 0. The Morgan fingerprint density at radius 1 is 1.18 bits per heavy atom. The average Bonchev–Trinajstić information content (AvgIpc) is 2.34. The second-order valence-electron chi connectivity index (χ2n) is 4.37. The molecule has 2 heteroatoms. The zero-order valence-electron chi connectivity index (χ0n) is 12.1. The first kappa shape index (κ1) is 16.2. The minimum absolute atomic E-state index is 0.233. The fourth-order valence-electron chi connectivity index (χ4n) is 2.34. The Morgan fingerprint density at radius 3 is 2.18 bits per heavy atom. The van der Waals surface area contributed by atoms with E-state index in [0.29, 0.717) is 12.5 Å². The Labute approximate surface area is 106 Å². The highest BCUT2D eigenvalue weighted by Gasteiger charge is 2.17. The highest BCUT2D eigenvalue weighted by Crippen LogP contribution is 2.22. The Kier molecular flexibility index (Phi) is 8.83. The Balaban J connectivity index is 4.87. The minimum atomic E-state index is -0.233. The van der Waals surface area contributed by atoms with E-state index in [-0.39, 0.29) is 6.67 Å². The summed E-state index contributed by atoms with van der Waals surface area (Å²) in [6.07, 6.45) is 8.10. The summed E-state index contributed by atoms with van der Waals surface area (Å²) in [6.45, 7) is 8.22. The van der Waals surface area contributed by atoms with Crippen LogP contribution in [0.3, 0.4) is 0 Å². The lowest BCUT2D eigenvalue weighted by molar-refractivity contribution is 0.252. The molecule has 0 aromatic carbocycles. The number of allylic oxidation sites excluding steroid dienone is 3. The van der Waals surface area contributed by atoms with Gasteiger partial charge in [-0.15, -0.1) is 0 Å². The third-order valence-corrected chi connectivity index (χ3v) is 3.32. The van der Waals surface area contributed by atoms with Gasteiger partial charge in [-0.1, -0.05) is 32.4 Å². The molecule has 0 aliphatic rings. The summed E-state index contributed by atoms with van der Waals surface area (Å²) >= 11 is 0. The molecule has 0 aromatic rings. The van der Waals surface area contributed by atoms with E-state index in [1.54, 1.807) is 0 Å². The predicted molar refractivity (Wildman–Crippen MR) is 74.9 cm³/mol. The largest absolute Gasteiger partial charge is 0.372 e. The minimum Gasteiger partial charge on any atom is -0.372 e. The van der Waals surface area contributed by atoms with Crippen molar-refractivity contribution in [2.45, 2.75) is 59.4 Å². The van der Waals surface area contributed by atoms with E-state index in [9.17, 15) is 4.39 Å². The molecule has 0 N–H and O–H groups in total. The van der Waals surface area contributed by atoms with Gasteiger partial charge in [0.15, 0.2) is 0 Å². The smallest absolute Gasteiger partial charge is 0.0914 e. The van der Waals surface area contributed by atoms with Crippen LogP contribution in [0.25, 0.3) is 0 Å². The molecule has 0 aliphatic heterocycles. The summed E-state index contributed by atoms with van der Waals surface area (Å²) in [5, 5.41) is 0. The van der Waals surface area contributed by atoms with Crippen molar-refractivity contribution in [3.05, 3.63) is 23.4 Å². The zero-order valence-corrected chi connectivity index (χ0v) is 12.1. The topological polar surface area (TPSA) is 3.24 Å². The molecule has 0 fully saturated rings. The van der Waals surface area contributed by atoms with Gasteiger partial charge in [0.1, 0.15) is 0 Å². The molecular weight excluding hydrogens is 213 g/mol. The maximum atomic E-state index is 12.6. The first-order valence-electron chi connectivity index (χ1n) is 6.76. The molecule has 0 amide bonds. The predicted octanol–water partition coefficient (Wildman–Crippen LogP) is 4.71. The average molecular weight is 241 g/mol. The molecule has 17 heavy (non-hydrogen) atoms. The van der Waals surface area contributed by atoms with Crippen LogP contribution in [-0.4, -0.2) is 24.7 Å². The first-order valence-corrected chi connectivity index (χ1v) is 6.76. The van der Waals surface area contributed by atoms with Crippen molar-refractivity contribution in [3.8, 4) is 0 Å². The molecule has 1 atom stereocenters. The van der Waals surface area contributed by atoms with Crippen molar-refractivity contribution >= 4 is 0 Å². The number of rotatable bonds is 8. The van der Waals surface area contributed by atoms with Crippen LogP contribution in [0.5, 0.6) is 0 Å². The maximum Gasteiger partial charge on any atom is 0.0914 e. The van der Waals surface area contributed by atoms with E-state index >= 15 is 0 Å². The van der Waals surface area contributed by atoms with Gasteiger partial charge in [0, 0.05) is 18.8 Å². The van der Waals surface area contributed by atoms with Crippen molar-refractivity contribution in [1.29, 1.82) is 0 Å². The van der Waals surface area contributed by atoms with E-state index in [0.717, 1.165) is 19.3 Å². The van der Waals surface area contributed by atoms with Gasteiger partial charge >= 0.3 is 0 Å². The van der Waals surface area contributed by atoms with Gasteiger partial charge in [0.2, 0.25) is 0 Å². The SMILES string of the molecule is C/C=C(CC)\C(=C/C)N(C)C(CCC)CCF. The van der Waals surface area contributed by atoms with E-state index < -0.39 is 0 Å². The monoisotopic (exact) mass is 241 g/mol. The van der Waals surface area contributed by atoms with Gasteiger partial charge in [0.05, 0.1) is 6.67 Å². The van der Waals surface area contributed by atoms with Crippen molar-refractivity contribution < 1.29 is 4.39 Å². The number of likely N-dealkylation sites (N-methyl/N-ethyl adjacent to an activating group) is 1. The third kappa shape index (κ3) is 4.93. The van der Waals surface area contributed by atoms with Crippen molar-refractivity contribution in [1.82, 2.24) is 4.90 Å². The summed E-state index contributed by atoms with van der Waals surface area (Å²) in [5.41, 5.74) is 2.59. The molecule has 0 saturated heterocycles. The summed E-state index contributed by atoms with van der Waals surface area (Å²) < 4.78 is 12.6. The number of nitrogens with zero attached hydrogens (tertiary/aromatic N) is 1.